The van der Waals surface area contributed by atoms with E-state index in [1.165, 1.54) is 5.56 Å². The van der Waals surface area contributed by atoms with Crippen LogP contribution in [0, 0.1) is 12.1 Å². The maximum Gasteiger partial charge on any atom is 0.136 e. The van der Waals surface area contributed by atoms with E-state index in [1.807, 2.05) is 48.5 Å². The van der Waals surface area contributed by atoms with Crippen LogP contribution < -0.4 is 0 Å². The van der Waals surface area contributed by atoms with Gasteiger partial charge in [0.25, 0.3) is 0 Å². The Balaban J connectivity index is 0.00000623. The number of benzene rings is 9. The van der Waals surface area contributed by atoms with E-state index in [-0.39, 0.29) is 61.6 Å². The zero-order valence-electron chi connectivity index (χ0n) is 46.8. The van der Waals surface area contributed by atoms with Crippen LogP contribution in [0.1, 0.15) is 59.5 Å². The molecule has 1 aliphatic heterocycles. The zero-order valence-corrected chi connectivity index (χ0v) is 44.1. The molecule has 0 amide bonds. The third-order valence-corrected chi connectivity index (χ3v) is 14.2. The second-order valence-corrected chi connectivity index (χ2v) is 21.0. The Hall–Kier alpha value is -8.11. The Bertz CT molecular complexity index is 4750. The summed E-state index contributed by atoms with van der Waals surface area (Å²) in [6.45, 7) is 13.5. The summed E-state index contributed by atoms with van der Waals surface area (Å²) < 4.78 is 56.5. The van der Waals surface area contributed by atoms with Gasteiger partial charge in [0.05, 0.1) is 12.4 Å². The van der Waals surface area contributed by atoms with Gasteiger partial charge in [-0.3, -0.25) is 0 Å². The van der Waals surface area contributed by atoms with E-state index in [4.69, 9.17) is 16.3 Å². The summed E-state index contributed by atoms with van der Waals surface area (Å²) in [5, 5.41) is 6.84. The Labute approximate surface area is 452 Å². The smallest absolute Gasteiger partial charge is 0.136 e. The first-order valence-electron chi connectivity index (χ1n) is 27.3. The first kappa shape index (κ1) is 41.4. The van der Waals surface area contributed by atoms with Crippen molar-refractivity contribution in [3.63, 3.8) is 0 Å². The van der Waals surface area contributed by atoms with Crippen LogP contribution >= 0.6 is 0 Å². The van der Waals surface area contributed by atoms with Crippen molar-refractivity contribution in [2.24, 2.45) is 0 Å². The molecule has 9 aromatic carbocycles. The third kappa shape index (κ3) is 8.17. The molecule has 6 heteroatoms. The molecule has 74 heavy (non-hydrogen) atoms. The normalized spacial score (nSPS) is 13.0. The van der Waals surface area contributed by atoms with Gasteiger partial charge < -0.3 is 18.0 Å². The minimum atomic E-state index is -0.433. The molecular weight excluding hydrogens is 1080 g/mol. The van der Waals surface area contributed by atoms with Crippen LogP contribution in [-0.2, 0) is 31.9 Å². The molecule has 5 nitrogen and oxygen atoms in total. The van der Waals surface area contributed by atoms with E-state index < -0.39 is 6.04 Å². The van der Waals surface area contributed by atoms with Crippen molar-refractivity contribution in [2.75, 3.05) is 0 Å². The first-order chi connectivity index (χ1) is 37.5. The van der Waals surface area contributed by atoms with E-state index in [0.29, 0.717) is 27.9 Å². The molecule has 13 rings (SSSR count). The van der Waals surface area contributed by atoms with Gasteiger partial charge in [-0.2, -0.15) is 24.3 Å². The second-order valence-electron chi connectivity index (χ2n) is 21.0. The predicted octanol–water partition coefficient (Wildman–Crippen LogP) is 18.1. The molecule has 364 valence electrons. The van der Waals surface area contributed by atoms with Crippen molar-refractivity contribution < 1.29 is 32.3 Å². The Morgan fingerprint density at radius 3 is 1.99 bits per heavy atom. The van der Waals surface area contributed by atoms with Crippen molar-refractivity contribution in [1.82, 2.24) is 18.5 Å². The number of para-hydroxylation sites is 2. The molecule has 4 heterocycles. The number of nitrogens with zero attached hydrogens (tertiary/aromatic N) is 4. The van der Waals surface area contributed by atoms with Gasteiger partial charge in [-0.25, -0.2) is 4.98 Å². The zero-order chi connectivity index (χ0) is 53.9. The van der Waals surface area contributed by atoms with Gasteiger partial charge in [0.2, 0.25) is 0 Å². The molecule has 12 aromatic rings. The van der Waals surface area contributed by atoms with Gasteiger partial charge >= 0.3 is 0 Å². The van der Waals surface area contributed by atoms with Crippen molar-refractivity contribution >= 4 is 82.1 Å². The summed E-state index contributed by atoms with van der Waals surface area (Å²) in [6.07, 6.45) is 2.18. The van der Waals surface area contributed by atoms with Crippen molar-refractivity contribution in [2.45, 2.75) is 52.4 Å². The van der Waals surface area contributed by atoms with Crippen LogP contribution in [0.4, 0.5) is 0 Å². The SMILES string of the molecule is [2H]c1c([2H])c([2H])c(-c2ccc3c(c2)c2ccc4[c-]c2n3c2cc(C(C)(C)C)cc(n2)c2cccc(c2)c2ccccc2c2cc(C(C)(C)C)cc(-c3ccccc3)c2n2[cH-]n(c3[c-]c(ccc3)o4)-c3ccccc3-2)c([2H])c1[2H].[Pt]. The monoisotopic (exact) mass is 1140 g/mol. The molecule has 0 fully saturated rings. The van der Waals surface area contributed by atoms with Crippen LogP contribution in [0.2, 0.25) is 0 Å². The Morgan fingerprint density at radius 2 is 1.20 bits per heavy atom. The maximum atomic E-state index is 8.89. The minimum absolute atomic E-state index is 0. The predicted molar refractivity (Wildman–Crippen MR) is 305 cm³/mol. The summed E-state index contributed by atoms with van der Waals surface area (Å²) in [7, 11) is 0. The molecule has 0 radical (unpaired) electrons. The summed E-state index contributed by atoms with van der Waals surface area (Å²) in [5.41, 5.74) is 12.4. The molecule has 3 aromatic heterocycles. The van der Waals surface area contributed by atoms with Crippen LogP contribution in [0.25, 0.3) is 116 Å². The third-order valence-electron chi connectivity index (χ3n) is 14.2. The summed E-state index contributed by atoms with van der Waals surface area (Å²) >= 11 is 0. The average Bonchev–Trinajstić information content (AvgIpc) is 4.12. The number of hydrogen-bond donors (Lipinski definition) is 0. The van der Waals surface area contributed by atoms with Gasteiger partial charge in [0, 0.05) is 49.5 Å². The van der Waals surface area contributed by atoms with E-state index in [1.54, 1.807) is 0 Å². The number of pyridine rings is 1. The number of fused-ring (bicyclic) bond motifs is 23. The van der Waals surface area contributed by atoms with Crippen molar-refractivity contribution in [1.29, 1.82) is 0 Å². The Morgan fingerprint density at radius 1 is 0.514 bits per heavy atom. The largest absolute Gasteiger partial charge is 0.510 e. The van der Waals surface area contributed by atoms with E-state index in [9.17, 15) is 0 Å². The number of hydrogen-bond acceptors (Lipinski definition) is 2. The van der Waals surface area contributed by atoms with Gasteiger partial charge in [0.1, 0.15) is 5.65 Å². The molecule has 0 aliphatic carbocycles. The number of rotatable bonds is 2. The Kier molecular flexibility index (Phi) is 10.1. The molecule has 10 bridgehead atoms. The van der Waals surface area contributed by atoms with Crippen LogP contribution in [-0.4, -0.2) is 18.5 Å². The summed E-state index contributed by atoms with van der Waals surface area (Å²) in [4.78, 5) is 5.56. The standard InChI is InChI=1S/C68H53N4O.Pt/c1-67(2,3)49-37-57(45-21-11-8-12-22-45)66-59(38-49)55-28-14-13-27-54(55)47-23-17-24-48(35-47)60-39-50(68(4,5)6)40-65(69-60)72-61-34-31-46(44-19-9-7-10-20-44)36-58(61)56-33-32-53(42-64(56)72)73-52-26-18-25-51(41-52)70-43-71(66)63-30-16-15-29-62(63)70;/h7-40,43H,1-6H3;/q-3;/i7D,9D,10D,19D,20D;. The van der Waals surface area contributed by atoms with E-state index >= 15 is 0 Å². The van der Waals surface area contributed by atoms with Crippen LogP contribution in [0.5, 0.6) is 0 Å². The fourth-order valence-electron chi connectivity index (χ4n) is 10.4. The molecular formula is C68H53N4OPt-3. The molecule has 0 saturated carbocycles. The molecule has 0 unspecified atom stereocenters. The molecule has 0 N–H and O–H groups in total. The van der Waals surface area contributed by atoms with Crippen molar-refractivity contribution in [3.05, 3.63) is 236 Å². The molecule has 0 spiro atoms. The quantitative estimate of drug-likeness (QED) is 0.162. The summed E-state index contributed by atoms with van der Waals surface area (Å²) in [5.74, 6) is 0. The van der Waals surface area contributed by atoms with Crippen LogP contribution in [0.3, 0.4) is 0 Å². The molecule has 0 atom stereocenters. The average molecular weight is 1140 g/mol. The molecule has 0 saturated heterocycles. The van der Waals surface area contributed by atoms with Gasteiger partial charge in [-0.05, 0) is 112 Å². The van der Waals surface area contributed by atoms with Crippen molar-refractivity contribution in [3.8, 4) is 33.6 Å². The van der Waals surface area contributed by atoms with Gasteiger partial charge in [-0.15, -0.1) is 29.1 Å². The fraction of sp³-hybridized carbons (Fsp3) is 0.118. The molecule has 1 aliphatic rings. The minimum Gasteiger partial charge on any atom is -0.510 e. The van der Waals surface area contributed by atoms with E-state index in [2.05, 4.69) is 201 Å². The maximum absolute atomic E-state index is 8.89. The number of imidazole rings is 1. The van der Waals surface area contributed by atoms with Gasteiger partial charge in [0.15, 0.2) is 0 Å². The van der Waals surface area contributed by atoms with E-state index in [0.717, 1.165) is 87.8 Å². The van der Waals surface area contributed by atoms with Gasteiger partial charge in [-0.1, -0.05) is 199 Å². The first-order valence-corrected chi connectivity index (χ1v) is 24.8. The fourth-order valence-corrected chi connectivity index (χ4v) is 10.4. The number of aromatic nitrogens is 4. The van der Waals surface area contributed by atoms with Crippen LogP contribution in [0.15, 0.2) is 217 Å². The summed E-state index contributed by atoms with van der Waals surface area (Å²) in [6, 6.07) is 66.8. The topological polar surface area (TPSA) is 40.3 Å². The second kappa shape index (κ2) is 18.1.